The van der Waals surface area contributed by atoms with Gasteiger partial charge in [0, 0.05) is 138 Å². The minimum atomic E-state index is -1.01. The predicted molar refractivity (Wildman–Crippen MR) is 249 cm³/mol. The molecule has 0 spiro atoms. The van der Waals surface area contributed by atoms with Crippen LogP contribution in [-0.4, -0.2) is 124 Å². The summed E-state index contributed by atoms with van der Waals surface area (Å²) < 4.78 is 35.0. The minimum Gasteiger partial charge on any atom is -0.388 e. The van der Waals surface area contributed by atoms with Gasteiger partial charge in [0.1, 0.15) is 23.5 Å². The van der Waals surface area contributed by atoms with Crippen molar-refractivity contribution < 1.29 is 23.5 Å². The van der Waals surface area contributed by atoms with Crippen molar-refractivity contribution in [3.8, 4) is 5.69 Å². The molecule has 0 saturated carbocycles. The van der Waals surface area contributed by atoms with Gasteiger partial charge in [-0.2, -0.15) is 0 Å². The third kappa shape index (κ3) is 9.38. The number of anilines is 3. The second-order valence-corrected chi connectivity index (χ2v) is 18.0. The Morgan fingerprint density at radius 1 is 0.877 bits per heavy atom. The average molecular weight is 889 g/mol. The van der Waals surface area contributed by atoms with Gasteiger partial charge in [0.05, 0.1) is 17.4 Å². The van der Waals surface area contributed by atoms with Crippen LogP contribution in [0.4, 0.5) is 25.8 Å². The van der Waals surface area contributed by atoms with Crippen molar-refractivity contribution in [3.63, 3.8) is 0 Å². The molecule has 0 aliphatic carbocycles. The third-order valence-corrected chi connectivity index (χ3v) is 13.8. The van der Waals surface area contributed by atoms with E-state index in [1.54, 1.807) is 36.1 Å². The molecule has 4 aliphatic heterocycles. The van der Waals surface area contributed by atoms with Crippen LogP contribution in [-0.2, 0) is 18.4 Å². The van der Waals surface area contributed by atoms with E-state index in [1.807, 2.05) is 43.1 Å². The summed E-state index contributed by atoms with van der Waals surface area (Å²) in [6.45, 7) is 9.14. The summed E-state index contributed by atoms with van der Waals surface area (Å²) in [6.07, 6.45) is 7.79. The fourth-order valence-corrected chi connectivity index (χ4v) is 10.1. The molecule has 0 radical (unpaired) electrons. The summed E-state index contributed by atoms with van der Waals surface area (Å²) in [6, 6.07) is 15.3. The first-order chi connectivity index (χ1) is 31.4. The first kappa shape index (κ1) is 44.1. The van der Waals surface area contributed by atoms with Gasteiger partial charge in [-0.25, -0.2) is 13.8 Å². The maximum Gasteiger partial charge on any atom is 0.257 e. The molecule has 4 N–H and O–H groups in total. The van der Waals surface area contributed by atoms with Crippen LogP contribution in [0, 0.1) is 24.5 Å². The van der Waals surface area contributed by atoms with E-state index in [-0.39, 0.29) is 35.0 Å². The number of amides is 2. The zero-order valence-electron chi connectivity index (χ0n) is 37.3. The molecule has 342 valence electrons. The van der Waals surface area contributed by atoms with Crippen LogP contribution in [0.15, 0.2) is 77.9 Å². The number of aliphatic hydroxyl groups is 1. The van der Waals surface area contributed by atoms with E-state index >= 15 is 8.78 Å². The second-order valence-electron chi connectivity index (χ2n) is 18.0. The smallest absolute Gasteiger partial charge is 0.257 e. The molecule has 7 heterocycles. The summed E-state index contributed by atoms with van der Waals surface area (Å²) in [5.74, 6) is -0.576. The summed E-state index contributed by atoms with van der Waals surface area (Å²) in [5, 5.41) is 19.7. The second kappa shape index (κ2) is 18.8. The maximum absolute atomic E-state index is 16.0. The fourth-order valence-electron chi connectivity index (χ4n) is 10.1. The van der Waals surface area contributed by atoms with E-state index in [0.29, 0.717) is 87.0 Å². The van der Waals surface area contributed by atoms with E-state index in [2.05, 4.69) is 52.3 Å². The van der Waals surface area contributed by atoms with E-state index in [4.69, 9.17) is 0 Å². The number of nitrogens with one attached hydrogen (secondary N) is 3. The molecule has 2 amide bonds. The Labute approximate surface area is 377 Å². The molecular formula is C49H58F2N10O4. The average Bonchev–Trinajstić information content (AvgIpc) is 3.62. The number of fused-ring (bicyclic) bond motifs is 1. The van der Waals surface area contributed by atoms with Gasteiger partial charge in [-0.1, -0.05) is 6.08 Å². The van der Waals surface area contributed by atoms with Crippen LogP contribution in [0.2, 0.25) is 0 Å². The number of hydrogen-bond acceptors (Lipinski definition) is 10. The lowest BCUT2D eigenvalue weighted by atomic mass is 9.92. The zero-order chi connectivity index (χ0) is 45.4. The van der Waals surface area contributed by atoms with Crippen molar-refractivity contribution in [2.45, 2.75) is 57.8 Å². The summed E-state index contributed by atoms with van der Waals surface area (Å²) >= 11 is 0. The molecule has 5 aromatic rings. The number of pyridine rings is 2. The first-order valence-electron chi connectivity index (χ1n) is 22.8. The van der Waals surface area contributed by atoms with Crippen molar-refractivity contribution in [1.82, 2.24) is 34.1 Å². The number of likely N-dealkylation sites (tertiary alicyclic amines) is 1. The number of rotatable bonds is 11. The molecule has 14 nitrogen and oxygen atoms in total. The predicted octanol–water partition coefficient (Wildman–Crippen LogP) is 5.33. The lowest BCUT2D eigenvalue weighted by Gasteiger charge is -2.39. The van der Waals surface area contributed by atoms with E-state index in [9.17, 15) is 19.5 Å². The lowest BCUT2D eigenvalue weighted by Crippen LogP contribution is -2.51. The highest BCUT2D eigenvalue weighted by Crippen LogP contribution is 2.32. The van der Waals surface area contributed by atoms with Crippen LogP contribution in [0.25, 0.3) is 22.3 Å². The summed E-state index contributed by atoms with van der Waals surface area (Å²) in [7, 11) is 3.77. The van der Waals surface area contributed by atoms with Gasteiger partial charge in [-0.05, 0) is 98.2 Å². The third-order valence-electron chi connectivity index (χ3n) is 13.8. The molecule has 3 fully saturated rings. The van der Waals surface area contributed by atoms with Crippen LogP contribution < -0.4 is 26.4 Å². The van der Waals surface area contributed by atoms with Crippen molar-refractivity contribution in [2.24, 2.45) is 13.0 Å². The minimum absolute atomic E-state index is 0.129. The number of nitrogens with zero attached hydrogens (tertiary/aromatic N) is 7. The first-order valence-corrected chi connectivity index (χ1v) is 22.8. The van der Waals surface area contributed by atoms with Crippen LogP contribution >= 0.6 is 0 Å². The maximum atomic E-state index is 16.0. The molecule has 1 unspecified atom stereocenters. The van der Waals surface area contributed by atoms with Gasteiger partial charge in [0.25, 0.3) is 11.5 Å². The van der Waals surface area contributed by atoms with Gasteiger partial charge in [-0.3, -0.25) is 28.8 Å². The normalized spacial score (nSPS) is 20.2. The highest BCUT2D eigenvalue weighted by atomic mass is 19.1. The molecule has 2 atom stereocenters. The van der Waals surface area contributed by atoms with Gasteiger partial charge >= 0.3 is 0 Å². The standard InChI is InChI=1S/C49H58F2N10O4/c1-31-24-34(25-40(51)46(31)33-11-15-57(16-12-33)30-37-28-38-42(8-14-53-47(38)56(37)3)61-19-13-35(52-2)27-45(61)63)49(65)60-17-9-32(10-18-60)29-58-20-22-59(23-21-58)43-6-4-36(26-39(43)50)54-41-5-7-44(62)55-48(41)64/h4,6,8,11,13-14,19,24-28,32,41,48,52,54,64H,5,7,9-10,12,15-18,20-23,29-30H2,1-3H3,(H,55,62)/t41-,48?/m0/s1. The molecular weight excluding hydrogens is 831 g/mol. The van der Waals surface area contributed by atoms with Crippen molar-refractivity contribution >= 4 is 45.5 Å². The molecule has 65 heavy (non-hydrogen) atoms. The summed E-state index contributed by atoms with van der Waals surface area (Å²) in [5.41, 5.74) is 7.05. The van der Waals surface area contributed by atoms with Crippen molar-refractivity contribution in [3.05, 3.63) is 117 Å². The van der Waals surface area contributed by atoms with E-state index in [1.165, 1.54) is 12.1 Å². The number of aliphatic hydroxyl groups excluding tert-OH is 1. The monoisotopic (exact) mass is 888 g/mol. The van der Waals surface area contributed by atoms with Crippen molar-refractivity contribution in [1.29, 1.82) is 0 Å². The van der Waals surface area contributed by atoms with Crippen LogP contribution in [0.3, 0.4) is 0 Å². The highest BCUT2D eigenvalue weighted by Gasteiger charge is 2.30. The molecule has 3 aromatic heterocycles. The Kier molecular flexibility index (Phi) is 12.7. The molecule has 16 heteroatoms. The Morgan fingerprint density at radius 3 is 2.37 bits per heavy atom. The Bertz CT molecular complexity index is 2660. The fraction of sp³-hybridized carbons (Fsp3) is 0.429. The number of piperidine rings is 2. The number of benzene rings is 2. The molecule has 4 aliphatic rings. The lowest BCUT2D eigenvalue weighted by molar-refractivity contribution is -0.126. The number of aryl methyl sites for hydroxylation is 2. The molecule has 9 rings (SSSR count). The molecule has 2 aromatic carbocycles. The molecule has 3 saturated heterocycles. The van der Waals surface area contributed by atoms with Gasteiger partial charge < -0.3 is 35.4 Å². The van der Waals surface area contributed by atoms with Crippen molar-refractivity contribution in [2.75, 3.05) is 81.5 Å². The Balaban J connectivity index is 0.753. The Morgan fingerprint density at radius 2 is 1.68 bits per heavy atom. The number of carbonyl (C=O) groups is 2. The van der Waals surface area contributed by atoms with Gasteiger partial charge in [0.15, 0.2) is 0 Å². The quantitative estimate of drug-likeness (QED) is 0.138. The number of halogens is 2. The topological polar surface area (TPSA) is 143 Å². The van der Waals surface area contributed by atoms with E-state index in [0.717, 1.165) is 78.3 Å². The van der Waals surface area contributed by atoms with Gasteiger partial charge in [-0.15, -0.1) is 0 Å². The SMILES string of the molecule is CNc1ccn(-c2ccnc3c2cc(CN2CC=C(c4c(C)cc(C(=O)N5CCC(CN6CCN(c7ccc(N[C@H]8CCC(=O)NC8O)cc7F)CC6)CC5)cc4F)CC2)n3C)c(=O)c1. The Hall–Kier alpha value is -6.10. The molecule has 0 bridgehead atoms. The zero-order valence-corrected chi connectivity index (χ0v) is 37.3. The van der Waals surface area contributed by atoms with Crippen LogP contribution in [0.1, 0.15) is 59.3 Å². The number of carbonyl (C=O) groups excluding carboxylic acids is 2. The van der Waals surface area contributed by atoms with E-state index < -0.39 is 6.23 Å². The largest absolute Gasteiger partial charge is 0.388 e. The van der Waals surface area contributed by atoms with Crippen LogP contribution in [0.5, 0.6) is 0 Å². The number of hydrogen-bond donors (Lipinski definition) is 4. The highest BCUT2D eigenvalue weighted by molar-refractivity contribution is 5.95. The number of piperazine rings is 1. The number of aromatic nitrogens is 3. The van der Waals surface area contributed by atoms with Gasteiger partial charge in [0.2, 0.25) is 5.91 Å². The summed E-state index contributed by atoms with van der Waals surface area (Å²) in [4.78, 5) is 51.5.